The Morgan fingerprint density at radius 2 is 1.51 bits per heavy atom. The van der Waals surface area contributed by atoms with Crippen molar-refractivity contribution in [3.63, 3.8) is 0 Å². The van der Waals surface area contributed by atoms with Gasteiger partial charge in [0.25, 0.3) is 0 Å². The molecule has 0 bridgehead atoms. The molecule has 3 heterocycles. The number of alkyl halides is 3. The van der Waals surface area contributed by atoms with Gasteiger partial charge in [-0.2, -0.15) is 13.2 Å². The molecule has 0 spiro atoms. The maximum Gasteiger partial charge on any atom is 0.416 e. The number of hydrogen-bond donors (Lipinski definition) is 0. The summed E-state index contributed by atoms with van der Waals surface area (Å²) in [5.74, 6) is 0.570. The van der Waals surface area contributed by atoms with Gasteiger partial charge >= 0.3 is 6.18 Å². The Kier molecular flexibility index (Phi) is 4.89. The first kappa shape index (κ1) is 22.9. The van der Waals surface area contributed by atoms with Gasteiger partial charge in [0, 0.05) is 52.1 Å². The van der Waals surface area contributed by atoms with Crippen LogP contribution in [-0.4, -0.2) is 4.98 Å². The first-order valence-electron chi connectivity index (χ1n) is 12.3. The van der Waals surface area contributed by atoms with Crippen molar-refractivity contribution in [3.8, 4) is 11.3 Å². The highest BCUT2D eigenvalue weighted by molar-refractivity contribution is 7.32. The molecule has 0 aliphatic rings. The number of halogens is 3. The van der Waals surface area contributed by atoms with E-state index in [1.165, 1.54) is 45.9 Å². The molecule has 4 aromatic carbocycles. The summed E-state index contributed by atoms with van der Waals surface area (Å²) in [5.41, 5.74) is 4.04. The van der Waals surface area contributed by atoms with Crippen LogP contribution >= 0.6 is 22.7 Å². The molecule has 7 rings (SSSR count). The third kappa shape index (κ3) is 3.53. The van der Waals surface area contributed by atoms with E-state index in [1.807, 2.05) is 6.20 Å². The first-order chi connectivity index (χ1) is 17.7. The molecule has 0 N–H and O–H groups in total. The van der Waals surface area contributed by atoms with E-state index in [0.717, 1.165) is 59.4 Å². The number of nitrogens with zero attached hydrogens (tertiary/aromatic N) is 1. The maximum absolute atomic E-state index is 13.5. The summed E-state index contributed by atoms with van der Waals surface area (Å²) in [5, 5.41) is 6.45. The van der Waals surface area contributed by atoms with Crippen molar-refractivity contribution in [2.45, 2.75) is 33.4 Å². The van der Waals surface area contributed by atoms with Crippen molar-refractivity contribution in [2.75, 3.05) is 0 Å². The van der Waals surface area contributed by atoms with Gasteiger partial charge in [-0.25, -0.2) is 0 Å². The third-order valence-electron chi connectivity index (χ3n) is 7.11. The lowest BCUT2D eigenvalue weighted by molar-refractivity contribution is -0.137. The molecule has 6 heteroatoms. The fourth-order valence-electron chi connectivity index (χ4n) is 5.71. The first-order valence-corrected chi connectivity index (χ1v) is 13.9. The van der Waals surface area contributed by atoms with Crippen LogP contribution in [0, 0.1) is 12.8 Å². The summed E-state index contributed by atoms with van der Waals surface area (Å²) < 4.78 is 44.1. The summed E-state index contributed by atoms with van der Waals surface area (Å²) >= 11 is 2.92. The molecule has 3 aromatic heterocycles. The van der Waals surface area contributed by atoms with Gasteiger partial charge in [0.1, 0.15) is 0 Å². The largest absolute Gasteiger partial charge is 0.416 e. The lowest BCUT2D eigenvalue weighted by Crippen LogP contribution is -2.03. The van der Waals surface area contributed by atoms with Crippen molar-refractivity contribution >= 4 is 73.8 Å². The lowest BCUT2D eigenvalue weighted by Gasteiger charge is -2.12. The topological polar surface area (TPSA) is 12.9 Å². The molecule has 0 radical (unpaired) electrons. The number of aryl methyl sites for hydroxylation is 1. The maximum atomic E-state index is 13.5. The molecule has 184 valence electrons. The van der Waals surface area contributed by atoms with Crippen LogP contribution in [0.25, 0.3) is 62.4 Å². The summed E-state index contributed by atoms with van der Waals surface area (Å²) in [4.78, 5) is 4.80. The van der Waals surface area contributed by atoms with Crippen molar-refractivity contribution < 1.29 is 13.2 Å². The highest BCUT2D eigenvalue weighted by atomic mass is 32.1. The van der Waals surface area contributed by atoms with Gasteiger partial charge < -0.3 is 0 Å². The van der Waals surface area contributed by atoms with E-state index in [1.54, 1.807) is 0 Å². The average Bonchev–Trinajstić information content (AvgIpc) is 3.40. The van der Waals surface area contributed by atoms with Gasteiger partial charge in [-0.15, -0.1) is 22.7 Å². The molecule has 0 aliphatic heterocycles. The number of aromatic nitrogens is 1. The van der Waals surface area contributed by atoms with Crippen molar-refractivity contribution in [1.82, 2.24) is 4.98 Å². The van der Waals surface area contributed by atoms with E-state index in [-0.39, 0.29) is 0 Å². The van der Waals surface area contributed by atoms with Crippen LogP contribution < -0.4 is 0 Å². The SMILES string of the molecule is Cc1cc(CC(C)C)cc(-c2nccc3c2ccc2c3cc3sc4cc(C(F)(F)F)cc5sc2c3c45)c1. The molecule has 0 saturated carbocycles. The van der Waals surface area contributed by atoms with Crippen LogP contribution in [0.2, 0.25) is 0 Å². The van der Waals surface area contributed by atoms with Crippen molar-refractivity contribution in [3.05, 3.63) is 77.5 Å². The van der Waals surface area contributed by atoms with Gasteiger partial charge in [-0.3, -0.25) is 4.98 Å². The molecule has 37 heavy (non-hydrogen) atoms. The normalized spacial score (nSPS) is 12.9. The van der Waals surface area contributed by atoms with Gasteiger partial charge in [-0.05, 0) is 72.0 Å². The van der Waals surface area contributed by atoms with Gasteiger partial charge in [0.15, 0.2) is 0 Å². The molecule has 0 unspecified atom stereocenters. The second kappa shape index (κ2) is 7.89. The minimum absolute atomic E-state index is 0.570. The van der Waals surface area contributed by atoms with Crippen LogP contribution in [-0.2, 0) is 12.6 Å². The van der Waals surface area contributed by atoms with Crippen molar-refractivity contribution in [2.24, 2.45) is 5.92 Å². The molecule has 0 atom stereocenters. The summed E-state index contributed by atoms with van der Waals surface area (Å²) in [7, 11) is 0. The van der Waals surface area contributed by atoms with Crippen LogP contribution in [0.5, 0.6) is 0 Å². The number of benzene rings is 4. The fraction of sp³-hybridized carbons (Fsp3) is 0.194. The smallest absolute Gasteiger partial charge is 0.256 e. The predicted octanol–water partition coefficient (Wildman–Crippen LogP) is 10.6. The number of hydrogen-bond acceptors (Lipinski definition) is 3. The molecule has 1 nitrogen and oxygen atoms in total. The van der Waals surface area contributed by atoms with E-state index in [4.69, 9.17) is 4.98 Å². The number of thiophene rings is 2. The van der Waals surface area contributed by atoms with E-state index in [2.05, 4.69) is 63.2 Å². The molecule has 0 saturated heterocycles. The second-order valence-corrected chi connectivity index (χ2v) is 12.5. The minimum atomic E-state index is -4.35. The Morgan fingerprint density at radius 3 is 2.27 bits per heavy atom. The standard InChI is InChI=1S/C31H22F3NS2/c1-15(2)8-17-9-16(3)10-18(11-17)29-21-4-5-22-23(20(21)6-7-35-29)14-26-28-27-24(36-26)12-19(31(32,33)34)13-25(27)37-30(22)28/h4-7,9-15H,8H2,1-3H3. The Balaban J connectivity index is 1.50. The quantitative estimate of drug-likeness (QED) is 0.207. The van der Waals surface area contributed by atoms with Gasteiger partial charge in [0.05, 0.1) is 11.3 Å². The van der Waals surface area contributed by atoms with Gasteiger partial charge in [-0.1, -0.05) is 37.6 Å². The molecule has 7 aromatic rings. The van der Waals surface area contributed by atoms with Crippen LogP contribution in [0.1, 0.15) is 30.5 Å². The second-order valence-electron chi connectivity index (χ2n) is 10.3. The molecular formula is C31H22F3NS2. The van der Waals surface area contributed by atoms with E-state index in [9.17, 15) is 13.2 Å². The molecular weight excluding hydrogens is 507 g/mol. The van der Waals surface area contributed by atoms with E-state index < -0.39 is 11.7 Å². The third-order valence-corrected chi connectivity index (χ3v) is 9.36. The highest BCUT2D eigenvalue weighted by Gasteiger charge is 2.32. The summed E-state index contributed by atoms with van der Waals surface area (Å²) in [6, 6.07) is 17.8. The summed E-state index contributed by atoms with van der Waals surface area (Å²) in [6.07, 6.45) is -1.46. The number of fused-ring (bicyclic) bond motifs is 4. The van der Waals surface area contributed by atoms with Gasteiger partial charge in [0.2, 0.25) is 0 Å². The Hall–Kier alpha value is -3.22. The zero-order valence-corrected chi connectivity index (χ0v) is 22.1. The van der Waals surface area contributed by atoms with Crippen molar-refractivity contribution in [1.29, 1.82) is 0 Å². The fourth-order valence-corrected chi connectivity index (χ4v) is 8.38. The van der Waals surface area contributed by atoms with Crippen LogP contribution in [0.4, 0.5) is 13.2 Å². The van der Waals surface area contributed by atoms with Crippen LogP contribution in [0.15, 0.2) is 60.8 Å². The minimum Gasteiger partial charge on any atom is -0.256 e. The Bertz CT molecular complexity index is 1990. The number of pyridine rings is 1. The Labute approximate surface area is 219 Å². The lowest BCUT2D eigenvalue weighted by atomic mass is 9.94. The summed E-state index contributed by atoms with van der Waals surface area (Å²) in [6.45, 7) is 6.59. The zero-order valence-electron chi connectivity index (χ0n) is 20.5. The predicted molar refractivity (Wildman–Crippen MR) is 152 cm³/mol. The van der Waals surface area contributed by atoms with E-state index >= 15 is 0 Å². The highest BCUT2D eigenvalue weighted by Crippen LogP contribution is 2.51. The van der Waals surface area contributed by atoms with E-state index in [0.29, 0.717) is 15.3 Å². The Morgan fingerprint density at radius 1 is 0.784 bits per heavy atom. The molecule has 0 amide bonds. The number of rotatable bonds is 3. The average molecular weight is 530 g/mol. The zero-order chi connectivity index (χ0) is 25.6. The monoisotopic (exact) mass is 529 g/mol. The molecule has 0 fully saturated rings. The molecule has 0 aliphatic carbocycles. The van der Waals surface area contributed by atoms with Crippen LogP contribution in [0.3, 0.4) is 0 Å².